The van der Waals surface area contributed by atoms with Crippen molar-refractivity contribution in [2.45, 2.75) is 37.3 Å². The highest BCUT2D eigenvalue weighted by atomic mass is 31.1. The Morgan fingerprint density at radius 3 is 2.45 bits per heavy atom. The number of carbonyl (C=O) groups excluding carboxylic acids is 1. The van der Waals surface area contributed by atoms with Crippen LogP contribution in [0, 0.1) is 5.82 Å². The average Bonchev–Trinajstić information content (AvgIpc) is 3.35. The monoisotopic (exact) mass is 413 g/mol. The van der Waals surface area contributed by atoms with E-state index in [1.807, 2.05) is 24.9 Å². The smallest absolute Gasteiger partial charge is 0.254 e. The Morgan fingerprint density at radius 2 is 1.86 bits per heavy atom. The Balaban J connectivity index is 1.70. The topological polar surface area (TPSA) is 44.4 Å². The van der Waals surface area contributed by atoms with Gasteiger partial charge in [0.15, 0.2) is 0 Å². The maximum absolute atomic E-state index is 14.0. The molecule has 2 N–H and O–H groups in total. The molecule has 0 bridgehead atoms. The molecule has 0 aromatic heterocycles. The van der Waals surface area contributed by atoms with Crippen LogP contribution in [0.3, 0.4) is 0 Å². The van der Waals surface area contributed by atoms with E-state index in [0.29, 0.717) is 19.8 Å². The molecule has 154 valence electrons. The van der Waals surface area contributed by atoms with Crippen molar-refractivity contribution < 1.29 is 9.18 Å². The van der Waals surface area contributed by atoms with Gasteiger partial charge in [-0.05, 0) is 68.4 Å². The summed E-state index contributed by atoms with van der Waals surface area (Å²) in [6, 6.07) is 13.1. The van der Waals surface area contributed by atoms with Crippen molar-refractivity contribution in [2.75, 3.05) is 32.1 Å². The Bertz CT molecular complexity index is 854. The van der Waals surface area contributed by atoms with E-state index < -0.39 is 0 Å². The standard InChI is InChI=1S/C23H29FN3OP/c1-25-18-14-17(24)15-19(29-2)20(18)22(28)26-21(16-8-4-3-5-9-16)23(10-11-23)27-12-6-7-13-27/h3-5,8-9,14-15,21,25,29H,6-7,10-13H2,1-2H3,(H,26,28). The van der Waals surface area contributed by atoms with Crippen molar-refractivity contribution in [2.24, 2.45) is 0 Å². The average molecular weight is 413 g/mol. The SMILES string of the molecule is CNc1cc(F)cc(PC)c1C(=O)NC(c1ccccc1)C1(N2CCCC2)CC1. The second-order valence-corrected chi connectivity index (χ2v) is 9.03. The van der Waals surface area contributed by atoms with Gasteiger partial charge in [-0.15, -0.1) is 0 Å². The minimum atomic E-state index is -0.314. The fraction of sp³-hybridized carbons (Fsp3) is 0.435. The van der Waals surface area contributed by atoms with E-state index in [4.69, 9.17) is 0 Å². The van der Waals surface area contributed by atoms with Gasteiger partial charge in [-0.25, -0.2) is 4.39 Å². The van der Waals surface area contributed by atoms with Crippen LogP contribution in [0.2, 0.25) is 0 Å². The zero-order valence-electron chi connectivity index (χ0n) is 17.1. The van der Waals surface area contributed by atoms with Gasteiger partial charge in [-0.1, -0.05) is 38.9 Å². The first kappa shape index (κ1) is 20.3. The van der Waals surface area contributed by atoms with Crippen LogP contribution in [-0.4, -0.2) is 43.1 Å². The molecule has 1 saturated heterocycles. The van der Waals surface area contributed by atoms with E-state index in [2.05, 4.69) is 27.7 Å². The van der Waals surface area contributed by atoms with Gasteiger partial charge in [0.1, 0.15) is 5.82 Å². The minimum absolute atomic E-state index is 0.00200. The second kappa shape index (κ2) is 8.41. The van der Waals surface area contributed by atoms with E-state index in [-0.39, 0.29) is 23.3 Å². The van der Waals surface area contributed by atoms with Gasteiger partial charge in [-0.2, -0.15) is 0 Å². The summed E-state index contributed by atoms with van der Waals surface area (Å²) in [5.74, 6) is -0.441. The van der Waals surface area contributed by atoms with Crippen LogP contribution >= 0.6 is 8.58 Å². The summed E-state index contributed by atoms with van der Waals surface area (Å²) < 4.78 is 14.0. The molecule has 29 heavy (non-hydrogen) atoms. The summed E-state index contributed by atoms with van der Waals surface area (Å²) >= 11 is 0. The number of amides is 1. The van der Waals surface area contributed by atoms with Gasteiger partial charge in [0.2, 0.25) is 0 Å². The van der Waals surface area contributed by atoms with Crippen molar-refractivity contribution in [3.8, 4) is 0 Å². The van der Waals surface area contributed by atoms with Crippen molar-refractivity contribution in [3.05, 3.63) is 59.4 Å². The van der Waals surface area contributed by atoms with E-state index in [9.17, 15) is 9.18 Å². The van der Waals surface area contributed by atoms with Crippen molar-refractivity contribution in [1.82, 2.24) is 10.2 Å². The van der Waals surface area contributed by atoms with E-state index >= 15 is 0 Å². The van der Waals surface area contributed by atoms with Crippen LogP contribution in [0.25, 0.3) is 0 Å². The predicted molar refractivity (Wildman–Crippen MR) is 119 cm³/mol. The van der Waals surface area contributed by atoms with Gasteiger partial charge in [0.05, 0.1) is 17.3 Å². The van der Waals surface area contributed by atoms with E-state index in [1.165, 1.54) is 25.0 Å². The molecular formula is C23H29FN3OP. The van der Waals surface area contributed by atoms with Crippen LogP contribution < -0.4 is 15.9 Å². The molecule has 2 aromatic rings. The number of halogens is 1. The maximum atomic E-state index is 14.0. The number of nitrogens with zero attached hydrogens (tertiary/aromatic N) is 1. The molecule has 0 spiro atoms. The third kappa shape index (κ3) is 3.91. The number of hydrogen-bond donors (Lipinski definition) is 2. The van der Waals surface area contributed by atoms with Crippen LogP contribution in [0.1, 0.15) is 47.6 Å². The molecule has 2 unspecified atom stereocenters. The summed E-state index contributed by atoms with van der Waals surface area (Å²) in [6.07, 6.45) is 4.63. The number of anilines is 1. The summed E-state index contributed by atoms with van der Waals surface area (Å²) in [5, 5.41) is 7.12. The molecule has 6 heteroatoms. The molecule has 1 heterocycles. The summed E-state index contributed by atoms with van der Waals surface area (Å²) in [6.45, 7) is 4.17. The number of likely N-dealkylation sites (tertiary alicyclic amines) is 1. The molecule has 4 nitrogen and oxygen atoms in total. The Hall–Kier alpha value is -1.97. The Kier molecular flexibility index (Phi) is 5.89. The highest BCUT2D eigenvalue weighted by Crippen LogP contribution is 2.52. The number of rotatable bonds is 7. The molecule has 2 fully saturated rings. The molecule has 2 atom stereocenters. The first-order valence-corrected chi connectivity index (χ1v) is 11.9. The van der Waals surface area contributed by atoms with Crippen molar-refractivity contribution >= 4 is 25.5 Å². The van der Waals surface area contributed by atoms with Crippen LogP contribution in [0.4, 0.5) is 10.1 Å². The molecule has 1 amide bonds. The molecule has 4 rings (SSSR count). The lowest BCUT2D eigenvalue weighted by Crippen LogP contribution is -2.48. The fourth-order valence-corrected chi connectivity index (χ4v) is 5.48. The Labute approximate surface area is 174 Å². The van der Waals surface area contributed by atoms with E-state index in [0.717, 1.165) is 36.8 Å². The van der Waals surface area contributed by atoms with Crippen LogP contribution in [-0.2, 0) is 0 Å². The number of benzene rings is 2. The summed E-state index contributed by atoms with van der Waals surface area (Å²) in [7, 11) is 2.07. The zero-order chi connectivity index (χ0) is 20.4. The van der Waals surface area contributed by atoms with Crippen molar-refractivity contribution in [1.29, 1.82) is 0 Å². The van der Waals surface area contributed by atoms with Crippen LogP contribution in [0.5, 0.6) is 0 Å². The lowest BCUT2D eigenvalue weighted by Gasteiger charge is -2.36. The maximum Gasteiger partial charge on any atom is 0.254 e. The fourth-order valence-electron chi connectivity index (χ4n) is 4.70. The summed E-state index contributed by atoms with van der Waals surface area (Å²) in [4.78, 5) is 16.1. The summed E-state index contributed by atoms with van der Waals surface area (Å²) in [5.41, 5.74) is 2.25. The first-order chi connectivity index (χ1) is 14.1. The lowest BCUT2D eigenvalue weighted by atomic mass is 9.95. The van der Waals surface area contributed by atoms with Gasteiger partial charge >= 0.3 is 0 Å². The predicted octanol–water partition coefficient (Wildman–Crippen LogP) is 3.90. The first-order valence-electron chi connectivity index (χ1n) is 10.4. The van der Waals surface area contributed by atoms with Gasteiger partial charge in [0.25, 0.3) is 5.91 Å². The molecule has 2 aliphatic rings. The normalized spacial score (nSPS) is 19.4. The third-order valence-electron chi connectivity index (χ3n) is 6.31. The highest BCUT2D eigenvalue weighted by Gasteiger charge is 2.55. The zero-order valence-corrected chi connectivity index (χ0v) is 18.1. The molecule has 1 aliphatic carbocycles. The molecule has 2 aromatic carbocycles. The number of nitrogens with one attached hydrogen (secondary N) is 2. The molecule has 1 saturated carbocycles. The van der Waals surface area contributed by atoms with Gasteiger partial charge < -0.3 is 10.6 Å². The molecule has 0 radical (unpaired) electrons. The second-order valence-electron chi connectivity index (χ2n) is 7.99. The quantitative estimate of drug-likeness (QED) is 0.677. The molecular weight excluding hydrogens is 384 g/mol. The van der Waals surface area contributed by atoms with E-state index in [1.54, 1.807) is 7.05 Å². The van der Waals surface area contributed by atoms with Gasteiger partial charge in [0, 0.05) is 12.6 Å². The number of hydrogen-bond acceptors (Lipinski definition) is 3. The highest BCUT2D eigenvalue weighted by molar-refractivity contribution is 7.46. The molecule has 1 aliphatic heterocycles. The van der Waals surface area contributed by atoms with Crippen LogP contribution in [0.15, 0.2) is 42.5 Å². The van der Waals surface area contributed by atoms with Gasteiger partial charge in [-0.3, -0.25) is 9.69 Å². The minimum Gasteiger partial charge on any atom is -0.387 e. The third-order valence-corrected chi connectivity index (χ3v) is 7.25. The van der Waals surface area contributed by atoms with Crippen molar-refractivity contribution in [3.63, 3.8) is 0 Å². The largest absolute Gasteiger partial charge is 0.387 e. The Morgan fingerprint density at radius 1 is 1.17 bits per heavy atom. The lowest BCUT2D eigenvalue weighted by molar-refractivity contribution is 0.0883. The number of carbonyl (C=O) groups is 1.